The summed E-state index contributed by atoms with van der Waals surface area (Å²) in [6.07, 6.45) is 1.92. The predicted molar refractivity (Wildman–Crippen MR) is 57.2 cm³/mol. The Kier molecular flexibility index (Phi) is 4.63. The molecule has 0 aliphatic carbocycles. The number of rotatable bonds is 5. The summed E-state index contributed by atoms with van der Waals surface area (Å²) in [5.41, 5.74) is 2.55. The number of hydrogen-bond acceptors (Lipinski definition) is 2. The SMILES string of the molecule is CCc1ccc(CCC(O)CO)cc1. The van der Waals surface area contributed by atoms with Crippen LogP contribution in [0.15, 0.2) is 24.3 Å². The van der Waals surface area contributed by atoms with E-state index in [1.807, 2.05) is 0 Å². The van der Waals surface area contributed by atoms with Gasteiger partial charge in [-0.3, -0.25) is 0 Å². The summed E-state index contributed by atoms with van der Waals surface area (Å²) in [4.78, 5) is 0. The molecule has 0 aromatic heterocycles. The standard InChI is InChI=1S/C12H18O2/c1-2-10-3-5-11(6-4-10)7-8-12(14)9-13/h3-6,12-14H,2,7-9H2,1H3. The normalized spacial score (nSPS) is 12.8. The minimum absolute atomic E-state index is 0.146. The molecule has 0 radical (unpaired) electrons. The fraction of sp³-hybridized carbons (Fsp3) is 0.500. The van der Waals surface area contributed by atoms with Crippen molar-refractivity contribution < 1.29 is 10.2 Å². The monoisotopic (exact) mass is 194 g/mol. The highest BCUT2D eigenvalue weighted by atomic mass is 16.3. The smallest absolute Gasteiger partial charge is 0.0774 e. The molecule has 1 atom stereocenters. The van der Waals surface area contributed by atoms with Crippen LogP contribution >= 0.6 is 0 Å². The first-order valence-corrected chi connectivity index (χ1v) is 5.13. The highest BCUT2D eigenvalue weighted by Gasteiger charge is 2.01. The topological polar surface area (TPSA) is 40.5 Å². The van der Waals surface area contributed by atoms with E-state index in [-0.39, 0.29) is 6.61 Å². The molecule has 1 unspecified atom stereocenters. The Morgan fingerprint density at radius 1 is 1.14 bits per heavy atom. The van der Waals surface area contributed by atoms with E-state index in [2.05, 4.69) is 31.2 Å². The van der Waals surface area contributed by atoms with Gasteiger partial charge in [-0.1, -0.05) is 31.2 Å². The molecule has 0 aliphatic rings. The first-order chi connectivity index (χ1) is 6.76. The fourth-order valence-electron chi connectivity index (χ4n) is 1.37. The van der Waals surface area contributed by atoms with E-state index in [0.29, 0.717) is 6.42 Å². The van der Waals surface area contributed by atoms with Gasteiger partial charge >= 0.3 is 0 Å². The van der Waals surface area contributed by atoms with Gasteiger partial charge in [-0.05, 0) is 30.4 Å². The third-order valence-electron chi connectivity index (χ3n) is 2.41. The highest BCUT2D eigenvalue weighted by Crippen LogP contribution is 2.08. The molecule has 0 saturated heterocycles. The van der Waals surface area contributed by atoms with Crippen molar-refractivity contribution in [3.8, 4) is 0 Å². The van der Waals surface area contributed by atoms with E-state index >= 15 is 0 Å². The van der Waals surface area contributed by atoms with Crippen molar-refractivity contribution in [3.05, 3.63) is 35.4 Å². The van der Waals surface area contributed by atoms with Gasteiger partial charge in [-0.25, -0.2) is 0 Å². The summed E-state index contributed by atoms with van der Waals surface area (Å²) in [5, 5.41) is 17.8. The van der Waals surface area contributed by atoms with Gasteiger partial charge in [0.1, 0.15) is 0 Å². The molecule has 2 heteroatoms. The highest BCUT2D eigenvalue weighted by molar-refractivity contribution is 5.22. The lowest BCUT2D eigenvalue weighted by Crippen LogP contribution is -2.12. The quantitative estimate of drug-likeness (QED) is 0.746. The minimum Gasteiger partial charge on any atom is -0.394 e. The summed E-state index contributed by atoms with van der Waals surface area (Å²) in [5.74, 6) is 0. The maximum absolute atomic E-state index is 9.17. The molecule has 1 aromatic rings. The van der Waals surface area contributed by atoms with Crippen LogP contribution in [0.2, 0.25) is 0 Å². The lowest BCUT2D eigenvalue weighted by Gasteiger charge is -2.06. The average molecular weight is 194 g/mol. The molecule has 14 heavy (non-hydrogen) atoms. The van der Waals surface area contributed by atoms with Crippen molar-refractivity contribution in [1.29, 1.82) is 0 Å². The van der Waals surface area contributed by atoms with Gasteiger partial charge < -0.3 is 10.2 Å². The second kappa shape index (κ2) is 5.78. The first kappa shape index (κ1) is 11.2. The van der Waals surface area contributed by atoms with Crippen LogP contribution in [0, 0.1) is 0 Å². The molecule has 2 N–H and O–H groups in total. The number of aliphatic hydroxyl groups excluding tert-OH is 2. The summed E-state index contributed by atoms with van der Waals surface area (Å²) in [7, 11) is 0. The van der Waals surface area contributed by atoms with E-state index in [1.165, 1.54) is 11.1 Å². The zero-order valence-electron chi connectivity index (χ0n) is 8.61. The molecule has 0 spiro atoms. The molecule has 1 aromatic carbocycles. The van der Waals surface area contributed by atoms with Crippen LogP contribution in [0.1, 0.15) is 24.5 Å². The van der Waals surface area contributed by atoms with Gasteiger partial charge in [0.2, 0.25) is 0 Å². The van der Waals surface area contributed by atoms with E-state index in [4.69, 9.17) is 5.11 Å². The van der Waals surface area contributed by atoms with Gasteiger partial charge in [0, 0.05) is 0 Å². The van der Waals surface area contributed by atoms with Crippen molar-refractivity contribution in [3.63, 3.8) is 0 Å². The van der Waals surface area contributed by atoms with E-state index in [1.54, 1.807) is 0 Å². The number of aliphatic hydroxyl groups is 2. The third-order valence-corrected chi connectivity index (χ3v) is 2.41. The molecule has 1 rings (SSSR count). The van der Waals surface area contributed by atoms with Crippen LogP contribution in [0.3, 0.4) is 0 Å². The molecule has 2 nitrogen and oxygen atoms in total. The Balaban J connectivity index is 2.43. The van der Waals surface area contributed by atoms with Crippen molar-refractivity contribution in [2.24, 2.45) is 0 Å². The third kappa shape index (κ3) is 3.48. The van der Waals surface area contributed by atoms with Crippen LogP contribution < -0.4 is 0 Å². The maximum atomic E-state index is 9.17. The van der Waals surface area contributed by atoms with Gasteiger partial charge in [0.25, 0.3) is 0 Å². The molecular formula is C12H18O2. The van der Waals surface area contributed by atoms with Gasteiger partial charge in [0.05, 0.1) is 12.7 Å². The van der Waals surface area contributed by atoms with Crippen molar-refractivity contribution in [2.75, 3.05) is 6.61 Å². The van der Waals surface area contributed by atoms with Gasteiger partial charge in [0.15, 0.2) is 0 Å². The Bertz CT molecular complexity index is 254. The molecule has 78 valence electrons. The molecule has 0 aliphatic heterocycles. The maximum Gasteiger partial charge on any atom is 0.0774 e. The predicted octanol–water partition coefficient (Wildman–Crippen LogP) is 1.53. The Hall–Kier alpha value is -0.860. The molecular weight excluding hydrogens is 176 g/mol. The Labute approximate surface area is 85.2 Å². The number of aryl methyl sites for hydroxylation is 2. The summed E-state index contributed by atoms with van der Waals surface area (Å²) in [6.45, 7) is 1.98. The number of benzene rings is 1. The van der Waals surface area contributed by atoms with Gasteiger partial charge in [-0.2, -0.15) is 0 Å². The van der Waals surface area contributed by atoms with Crippen molar-refractivity contribution in [1.82, 2.24) is 0 Å². The van der Waals surface area contributed by atoms with E-state index in [0.717, 1.165) is 12.8 Å². The lowest BCUT2D eigenvalue weighted by molar-refractivity contribution is 0.0886. The molecule has 0 amide bonds. The van der Waals surface area contributed by atoms with Crippen LogP contribution in [-0.4, -0.2) is 22.9 Å². The van der Waals surface area contributed by atoms with E-state index in [9.17, 15) is 5.11 Å². The van der Waals surface area contributed by atoms with Crippen LogP contribution in [0.4, 0.5) is 0 Å². The summed E-state index contributed by atoms with van der Waals surface area (Å²) >= 11 is 0. The van der Waals surface area contributed by atoms with Crippen LogP contribution in [0.25, 0.3) is 0 Å². The zero-order valence-corrected chi connectivity index (χ0v) is 8.61. The Morgan fingerprint density at radius 2 is 1.71 bits per heavy atom. The minimum atomic E-state index is -0.583. The largest absolute Gasteiger partial charge is 0.394 e. The molecule has 0 heterocycles. The summed E-state index contributed by atoms with van der Waals surface area (Å²) < 4.78 is 0. The second-order valence-electron chi connectivity index (χ2n) is 3.55. The summed E-state index contributed by atoms with van der Waals surface area (Å²) in [6, 6.07) is 8.40. The first-order valence-electron chi connectivity index (χ1n) is 5.13. The average Bonchev–Trinajstić information content (AvgIpc) is 2.26. The lowest BCUT2D eigenvalue weighted by atomic mass is 10.0. The second-order valence-corrected chi connectivity index (χ2v) is 3.55. The Morgan fingerprint density at radius 3 is 2.21 bits per heavy atom. The van der Waals surface area contributed by atoms with Crippen LogP contribution in [-0.2, 0) is 12.8 Å². The zero-order chi connectivity index (χ0) is 10.4. The van der Waals surface area contributed by atoms with Crippen molar-refractivity contribution >= 4 is 0 Å². The molecule has 0 fully saturated rings. The number of hydrogen-bond donors (Lipinski definition) is 2. The molecule has 0 saturated carbocycles. The van der Waals surface area contributed by atoms with Crippen LogP contribution in [0.5, 0.6) is 0 Å². The van der Waals surface area contributed by atoms with Crippen molar-refractivity contribution in [2.45, 2.75) is 32.3 Å². The fourth-order valence-corrected chi connectivity index (χ4v) is 1.37. The van der Waals surface area contributed by atoms with E-state index < -0.39 is 6.10 Å². The van der Waals surface area contributed by atoms with Gasteiger partial charge in [-0.15, -0.1) is 0 Å². The molecule has 0 bridgehead atoms.